The van der Waals surface area contributed by atoms with E-state index in [0.29, 0.717) is 5.69 Å². The van der Waals surface area contributed by atoms with Crippen LogP contribution in [-0.4, -0.2) is 41.7 Å². The summed E-state index contributed by atoms with van der Waals surface area (Å²) in [6.07, 6.45) is 0. The van der Waals surface area contributed by atoms with Gasteiger partial charge in [-0.1, -0.05) is 0 Å². The molecule has 7 heteroatoms. The van der Waals surface area contributed by atoms with Crippen molar-refractivity contribution in [3.63, 3.8) is 0 Å². The summed E-state index contributed by atoms with van der Waals surface area (Å²) in [5.74, 6) is 0.129. The molecule has 150 valence electrons. The van der Waals surface area contributed by atoms with Crippen LogP contribution in [0.2, 0.25) is 0 Å². The summed E-state index contributed by atoms with van der Waals surface area (Å²) in [4.78, 5) is 27.6. The molecule has 2 aromatic rings. The third-order valence-corrected chi connectivity index (χ3v) is 4.96. The quantitative estimate of drug-likeness (QED) is 0.703. The fourth-order valence-electron chi connectivity index (χ4n) is 2.47. The van der Waals surface area contributed by atoms with E-state index in [-0.39, 0.29) is 29.9 Å². The number of nitrogens with zero attached hydrogens (tertiary/aromatic N) is 1. The van der Waals surface area contributed by atoms with Gasteiger partial charge in [0.05, 0.1) is 12.9 Å². The zero-order chi connectivity index (χ0) is 20.7. The molecule has 0 atom stereocenters. The fourth-order valence-corrected chi connectivity index (χ4v) is 3.25. The summed E-state index contributed by atoms with van der Waals surface area (Å²) in [5, 5.41) is 2.69. The number of hydrogen-bond acceptors (Lipinski definition) is 4. The minimum absolute atomic E-state index is 0.0805. The topological polar surface area (TPSA) is 58.6 Å². The molecule has 0 radical (unpaired) electrons. The predicted molar refractivity (Wildman–Crippen MR) is 110 cm³/mol. The van der Waals surface area contributed by atoms with E-state index in [1.54, 1.807) is 12.0 Å². The molecule has 0 saturated carbocycles. The molecule has 0 bridgehead atoms. The highest BCUT2D eigenvalue weighted by Gasteiger charge is 2.28. The Morgan fingerprint density at radius 2 is 1.68 bits per heavy atom. The maximum Gasteiger partial charge on any atom is 0.244 e. The van der Waals surface area contributed by atoms with E-state index >= 15 is 0 Å². The van der Waals surface area contributed by atoms with Gasteiger partial charge in [-0.05, 0) is 69.3 Å². The smallest absolute Gasteiger partial charge is 0.244 e. The number of ether oxygens (including phenoxy) is 1. The number of halogens is 1. The number of benzene rings is 2. The van der Waals surface area contributed by atoms with Gasteiger partial charge in [-0.2, -0.15) is 0 Å². The van der Waals surface area contributed by atoms with E-state index in [1.807, 2.05) is 45.0 Å². The van der Waals surface area contributed by atoms with Crippen molar-refractivity contribution in [1.82, 2.24) is 4.90 Å². The second kappa shape index (κ2) is 9.59. The van der Waals surface area contributed by atoms with Crippen LogP contribution in [0, 0.1) is 5.82 Å². The van der Waals surface area contributed by atoms with Gasteiger partial charge in [-0.15, -0.1) is 11.8 Å². The Labute approximate surface area is 169 Å². The number of nitrogens with one attached hydrogen (secondary N) is 1. The highest BCUT2D eigenvalue weighted by atomic mass is 32.2. The van der Waals surface area contributed by atoms with Crippen LogP contribution in [0.1, 0.15) is 20.8 Å². The Balaban J connectivity index is 1.98. The molecule has 2 aromatic carbocycles. The van der Waals surface area contributed by atoms with Gasteiger partial charge in [0.15, 0.2) is 0 Å². The van der Waals surface area contributed by atoms with Crippen molar-refractivity contribution < 1.29 is 18.7 Å². The zero-order valence-electron chi connectivity index (χ0n) is 16.5. The number of anilines is 1. The van der Waals surface area contributed by atoms with Crippen LogP contribution in [0.25, 0.3) is 0 Å². The van der Waals surface area contributed by atoms with Gasteiger partial charge in [0, 0.05) is 16.1 Å². The van der Waals surface area contributed by atoms with E-state index in [4.69, 9.17) is 4.74 Å². The van der Waals surface area contributed by atoms with Crippen LogP contribution in [0.4, 0.5) is 10.1 Å². The summed E-state index contributed by atoms with van der Waals surface area (Å²) in [7, 11) is 1.60. The molecule has 0 aliphatic carbocycles. The Hall–Kier alpha value is -2.54. The van der Waals surface area contributed by atoms with Crippen LogP contribution < -0.4 is 10.1 Å². The van der Waals surface area contributed by atoms with E-state index in [0.717, 1.165) is 10.6 Å². The minimum Gasteiger partial charge on any atom is -0.497 e. The number of hydrogen-bond donors (Lipinski definition) is 1. The first-order valence-electron chi connectivity index (χ1n) is 8.82. The fraction of sp³-hybridized carbons (Fsp3) is 0.333. The standard InChI is InChI=1S/C21H25FN2O3S/c1-21(2,3)24(13-19(25)23-16-7-5-15(22)6-8-16)20(26)14-28-18-11-9-17(27-4)10-12-18/h5-12H,13-14H2,1-4H3,(H,23,25). The average Bonchev–Trinajstić information content (AvgIpc) is 2.65. The monoisotopic (exact) mass is 404 g/mol. The van der Waals surface area contributed by atoms with Crippen LogP contribution >= 0.6 is 11.8 Å². The second-order valence-electron chi connectivity index (χ2n) is 7.17. The van der Waals surface area contributed by atoms with Crippen molar-refractivity contribution >= 4 is 29.3 Å². The molecule has 0 heterocycles. The first-order valence-corrected chi connectivity index (χ1v) is 9.80. The average molecular weight is 405 g/mol. The summed E-state index contributed by atoms with van der Waals surface area (Å²) < 4.78 is 18.1. The molecular weight excluding hydrogens is 379 g/mol. The summed E-state index contributed by atoms with van der Waals surface area (Å²) in [6, 6.07) is 13.0. The molecule has 5 nitrogen and oxygen atoms in total. The molecule has 0 aliphatic rings. The molecule has 0 saturated heterocycles. The largest absolute Gasteiger partial charge is 0.497 e. The Morgan fingerprint density at radius 1 is 1.07 bits per heavy atom. The molecule has 0 fully saturated rings. The van der Waals surface area contributed by atoms with Crippen LogP contribution in [-0.2, 0) is 9.59 Å². The lowest BCUT2D eigenvalue weighted by molar-refractivity contribution is -0.137. The zero-order valence-corrected chi connectivity index (χ0v) is 17.3. The third-order valence-electron chi connectivity index (χ3n) is 3.96. The molecule has 2 rings (SSSR count). The number of methoxy groups -OCH3 is 1. The Kier molecular flexibility index (Phi) is 7.45. The summed E-state index contributed by atoms with van der Waals surface area (Å²) >= 11 is 1.40. The maximum atomic E-state index is 13.0. The number of rotatable bonds is 7. The van der Waals surface area contributed by atoms with Gasteiger partial charge in [0.2, 0.25) is 11.8 Å². The van der Waals surface area contributed by atoms with Crippen molar-refractivity contribution in [3.05, 3.63) is 54.3 Å². The lowest BCUT2D eigenvalue weighted by Crippen LogP contribution is -2.50. The third kappa shape index (κ3) is 6.56. The number of amides is 2. The molecule has 1 N–H and O–H groups in total. The molecule has 0 unspecified atom stereocenters. The maximum absolute atomic E-state index is 13.0. The number of thioether (sulfide) groups is 1. The SMILES string of the molecule is COc1ccc(SCC(=O)N(CC(=O)Nc2ccc(F)cc2)C(C)(C)C)cc1. The van der Waals surface area contributed by atoms with E-state index in [1.165, 1.54) is 36.0 Å². The summed E-state index contributed by atoms with van der Waals surface area (Å²) in [5.41, 5.74) is -0.0298. The molecule has 0 aliphatic heterocycles. The van der Waals surface area contributed by atoms with Crippen molar-refractivity contribution in [2.75, 3.05) is 24.7 Å². The molecule has 2 amide bonds. The van der Waals surface area contributed by atoms with Gasteiger partial charge >= 0.3 is 0 Å². The number of carbonyl (C=O) groups is 2. The van der Waals surface area contributed by atoms with E-state index < -0.39 is 5.54 Å². The second-order valence-corrected chi connectivity index (χ2v) is 8.22. The molecule has 28 heavy (non-hydrogen) atoms. The van der Waals surface area contributed by atoms with Crippen LogP contribution in [0.5, 0.6) is 5.75 Å². The Morgan fingerprint density at radius 3 is 2.21 bits per heavy atom. The minimum atomic E-state index is -0.516. The van der Waals surface area contributed by atoms with Crippen molar-refractivity contribution in [2.45, 2.75) is 31.2 Å². The first-order chi connectivity index (χ1) is 13.2. The van der Waals surface area contributed by atoms with Gasteiger partial charge in [0.25, 0.3) is 0 Å². The van der Waals surface area contributed by atoms with Crippen LogP contribution in [0.3, 0.4) is 0 Å². The lowest BCUT2D eigenvalue weighted by atomic mass is 10.1. The van der Waals surface area contributed by atoms with Gasteiger partial charge < -0.3 is 15.0 Å². The van der Waals surface area contributed by atoms with Crippen molar-refractivity contribution in [2.24, 2.45) is 0 Å². The summed E-state index contributed by atoms with van der Waals surface area (Å²) in [6.45, 7) is 5.57. The highest BCUT2D eigenvalue weighted by Crippen LogP contribution is 2.23. The lowest BCUT2D eigenvalue weighted by Gasteiger charge is -2.35. The normalized spacial score (nSPS) is 11.0. The van der Waals surface area contributed by atoms with Crippen molar-refractivity contribution in [3.8, 4) is 5.75 Å². The first kappa shape index (κ1) is 21.8. The number of carbonyl (C=O) groups excluding carboxylic acids is 2. The van der Waals surface area contributed by atoms with Gasteiger partial charge in [0.1, 0.15) is 18.1 Å². The predicted octanol–water partition coefficient (Wildman–Crippen LogP) is 4.19. The van der Waals surface area contributed by atoms with E-state index in [2.05, 4.69) is 5.32 Å². The molecule has 0 spiro atoms. The molecule has 0 aromatic heterocycles. The van der Waals surface area contributed by atoms with Crippen LogP contribution in [0.15, 0.2) is 53.4 Å². The highest BCUT2D eigenvalue weighted by molar-refractivity contribution is 8.00. The van der Waals surface area contributed by atoms with Gasteiger partial charge in [-0.3, -0.25) is 9.59 Å². The van der Waals surface area contributed by atoms with Crippen molar-refractivity contribution in [1.29, 1.82) is 0 Å². The molecular formula is C21H25FN2O3S. The Bertz CT molecular complexity index is 802. The van der Waals surface area contributed by atoms with Gasteiger partial charge in [-0.25, -0.2) is 4.39 Å². The van der Waals surface area contributed by atoms with E-state index in [9.17, 15) is 14.0 Å².